The number of aromatic nitrogens is 1. The van der Waals surface area contributed by atoms with Crippen molar-refractivity contribution in [2.24, 2.45) is 0 Å². The first-order valence-electron chi connectivity index (χ1n) is 5.64. The van der Waals surface area contributed by atoms with Crippen molar-refractivity contribution in [2.75, 3.05) is 46.6 Å². The van der Waals surface area contributed by atoms with Gasteiger partial charge in [-0.2, -0.15) is 0 Å². The smallest absolute Gasteiger partial charge is 0.236 e. The van der Waals surface area contributed by atoms with Gasteiger partial charge in [-0.25, -0.2) is 4.98 Å². The Labute approximate surface area is 111 Å². The molecule has 102 valence electrons. The van der Waals surface area contributed by atoms with Crippen LogP contribution in [-0.4, -0.2) is 61.6 Å². The highest BCUT2D eigenvalue weighted by Gasteiger charge is 2.13. The number of anilines is 1. The summed E-state index contributed by atoms with van der Waals surface area (Å²) in [7, 11) is 5.15. The minimum Gasteiger partial charge on any atom is -0.383 e. The van der Waals surface area contributed by atoms with Crippen LogP contribution in [0.3, 0.4) is 0 Å². The van der Waals surface area contributed by atoms with Crippen LogP contribution in [0.4, 0.5) is 5.13 Å². The third-order valence-corrected chi connectivity index (χ3v) is 3.23. The minimum absolute atomic E-state index is 0.0728. The van der Waals surface area contributed by atoms with Crippen LogP contribution >= 0.6 is 11.3 Å². The van der Waals surface area contributed by atoms with Crippen LogP contribution in [0.1, 0.15) is 4.88 Å². The summed E-state index contributed by atoms with van der Waals surface area (Å²) in [6, 6.07) is 0. The lowest BCUT2D eigenvalue weighted by Gasteiger charge is -2.22. The first-order chi connectivity index (χ1) is 8.52. The molecule has 1 heterocycles. The number of nitrogen functional groups attached to an aromatic ring is 1. The van der Waals surface area contributed by atoms with Gasteiger partial charge in [-0.1, -0.05) is 0 Å². The van der Waals surface area contributed by atoms with E-state index in [1.54, 1.807) is 32.3 Å². The van der Waals surface area contributed by atoms with Gasteiger partial charge in [-0.15, -0.1) is 11.3 Å². The van der Waals surface area contributed by atoms with E-state index in [0.717, 1.165) is 4.88 Å². The Balaban J connectivity index is 2.57. The second-order valence-corrected chi connectivity index (χ2v) is 5.30. The average Bonchev–Trinajstić information content (AvgIpc) is 2.71. The Morgan fingerprint density at radius 2 is 2.28 bits per heavy atom. The second-order valence-electron chi connectivity index (χ2n) is 4.16. The van der Waals surface area contributed by atoms with E-state index >= 15 is 0 Å². The van der Waals surface area contributed by atoms with Gasteiger partial charge in [0.05, 0.1) is 13.2 Å². The summed E-state index contributed by atoms with van der Waals surface area (Å²) in [5, 5.41) is 0.552. The number of nitrogens with two attached hydrogens (primary N) is 1. The van der Waals surface area contributed by atoms with Gasteiger partial charge in [-0.05, 0) is 0 Å². The maximum absolute atomic E-state index is 11.7. The van der Waals surface area contributed by atoms with E-state index in [9.17, 15) is 4.79 Å². The average molecular weight is 272 g/mol. The van der Waals surface area contributed by atoms with Crippen molar-refractivity contribution < 1.29 is 9.53 Å². The number of hydrogen-bond acceptors (Lipinski definition) is 6. The predicted molar refractivity (Wildman–Crippen MR) is 72.4 cm³/mol. The van der Waals surface area contributed by atoms with Gasteiger partial charge in [0.1, 0.15) is 0 Å². The molecule has 1 aromatic heterocycles. The number of amides is 1. The number of thiazole rings is 1. The van der Waals surface area contributed by atoms with E-state index in [0.29, 0.717) is 31.4 Å². The molecule has 0 saturated heterocycles. The Morgan fingerprint density at radius 1 is 1.56 bits per heavy atom. The highest BCUT2D eigenvalue weighted by atomic mass is 32.1. The molecule has 0 fully saturated rings. The van der Waals surface area contributed by atoms with E-state index < -0.39 is 0 Å². The topological polar surface area (TPSA) is 71.7 Å². The molecule has 1 amide bonds. The molecular formula is C11H20N4O2S. The fourth-order valence-corrected chi connectivity index (χ4v) is 2.11. The Morgan fingerprint density at radius 3 is 2.78 bits per heavy atom. The molecule has 0 atom stereocenters. The molecule has 0 aliphatic rings. The van der Waals surface area contributed by atoms with Gasteiger partial charge < -0.3 is 15.4 Å². The number of carbonyl (C=O) groups is 1. The van der Waals surface area contributed by atoms with Crippen molar-refractivity contribution >= 4 is 22.4 Å². The second kappa shape index (κ2) is 7.30. The molecule has 1 aromatic rings. The molecule has 0 unspecified atom stereocenters. The van der Waals surface area contributed by atoms with Crippen LogP contribution in [0.2, 0.25) is 0 Å². The van der Waals surface area contributed by atoms with E-state index in [4.69, 9.17) is 10.5 Å². The fraction of sp³-hybridized carbons (Fsp3) is 0.636. The number of methoxy groups -OCH3 is 1. The molecule has 18 heavy (non-hydrogen) atoms. The highest BCUT2D eigenvalue weighted by Crippen LogP contribution is 2.16. The summed E-state index contributed by atoms with van der Waals surface area (Å²) in [5.74, 6) is 0.0728. The van der Waals surface area contributed by atoms with Gasteiger partial charge in [0.2, 0.25) is 5.91 Å². The molecule has 0 spiro atoms. The lowest BCUT2D eigenvalue weighted by molar-refractivity contribution is -0.130. The molecule has 0 aliphatic carbocycles. The van der Waals surface area contributed by atoms with Crippen molar-refractivity contribution in [1.29, 1.82) is 0 Å². The molecule has 0 aliphatic heterocycles. The molecule has 0 aromatic carbocycles. The third kappa shape index (κ3) is 4.99. The number of carbonyl (C=O) groups excluding carboxylic acids is 1. The molecule has 1 rings (SSSR count). The maximum atomic E-state index is 11.7. The molecule has 6 nitrogen and oxygen atoms in total. The van der Waals surface area contributed by atoms with Crippen LogP contribution in [0, 0.1) is 0 Å². The first-order valence-corrected chi connectivity index (χ1v) is 6.46. The van der Waals surface area contributed by atoms with Crippen molar-refractivity contribution in [3.05, 3.63) is 11.1 Å². The van der Waals surface area contributed by atoms with Gasteiger partial charge >= 0.3 is 0 Å². The maximum Gasteiger partial charge on any atom is 0.236 e. The zero-order chi connectivity index (χ0) is 13.5. The number of likely N-dealkylation sites (N-methyl/N-ethyl adjacent to an activating group) is 1. The Bertz CT molecular complexity index is 381. The lowest BCUT2D eigenvalue weighted by atomic mass is 10.4. The largest absolute Gasteiger partial charge is 0.383 e. The number of hydrogen-bond donors (Lipinski definition) is 1. The van der Waals surface area contributed by atoms with Crippen molar-refractivity contribution in [2.45, 2.75) is 6.54 Å². The molecule has 0 saturated carbocycles. The molecule has 7 heteroatoms. The third-order valence-electron chi connectivity index (χ3n) is 2.42. The minimum atomic E-state index is 0.0728. The normalized spacial score (nSPS) is 10.9. The van der Waals surface area contributed by atoms with E-state index in [2.05, 4.69) is 4.98 Å². The number of nitrogens with zero attached hydrogens (tertiary/aromatic N) is 3. The quantitative estimate of drug-likeness (QED) is 0.771. The van der Waals surface area contributed by atoms with E-state index in [-0.39, 0.29) is 5.91 Å². The van der Waals surface area contributed by atoms with Crippen molar-refractivity contribution in [3.8, 4) is 0 Å². The van der Waals surface area contributed by atoms with Crippen LogP contribution in [-0.2, 0) is 16.1 Å². The van der Waals surface area contributed by atoms with Gasteiger partial charge in [0.15, 0.2) is 5.13 Å². The van der Waals surface area contributed by atoms with Gasteiger partial charge in [0, 0.05) is 45.4 Å². The van der Waals surface area contributed by atoms with Gasteiger partial charge in [-0.3, -0.25) is 9.69 Å². The zero-order valence-electron chi connectivity index (χ0n) is 11.0. The summed E-state index contributed by atoms with van der Waals surface area (Å²) in [6.45, 7) is 2.33. The van der Waals surface area contributed by atoms with Crippen molar-refractivity contribution in [1.82, 2.24) is 14.8 Å². The fourth-order valence-electron chi connectivity index (χ4n) is 1.38. The summed E-state index contributed by atoms with van der Waals surface area (Å²) in [4.78, 5) is 20.4. The highest BCUT2D eigenvalue weighted by molar-refractivity contribution is 7.15. The van der Waals surface area contributed by atoms with Crippen LogP contribution < -0.4 is 5.73 Å². The zero-order valence-corrected chi connectivity index (χ0v) is 11.9. The van der Waals surface area contributed by atoms with Gasteiger partial charge in [0.25, 0.3) is 0 Å². The predicted octanol–water partition coefficient (Wildman–Crippen LogP) is 0.262. The number of ether oxygens (including phenoxy) is 1. The monoisotopic (exact) mass is 272 g/mol. The first kappa shape index (κ1) is 14.9. The molecule has 0 radical (unpaired) electrons. The van der Waals surface area contributed by atoms with Crippen LogP contribution in [0.5, 0.6) is 0 Å². The van der Waals surface area contributed by atoms with E-state index in [1.165, 1.54) is 11.3 Å². The summed E-state index contributed by atoms with van der Waals surface area (Å²) < 4.78 is 5.05. The Kier molecular flexibility index (Phi) is 6.03. The lowest BCUT2D eigenvalue weighted by Crippen LogP contribution is -2.37. The molecular weight excluding hydrogens is 252 g/mol. The summed E-state index contributed by atoms with van der Waals surface area (Å²) in [6.07, 6.45) is 1.75. The van der Waals surface area contributed by atoms with Crippen molar-refractivity contribution in [3.63, 3.8) is 0 Å². The summed E-state index contributed by atoms with van der Waals surface area (Å²) in [5.41, 5.74) is 5.59. The number of rotatable bonds is 7. The Hall–Kier alpha value is -1.18. The standard InChI is InChI=1S/C11H20N4O2S/c1-14(2)10(16)8-15(4-5-17-3)7-9-6-13-11(12)18-9/h6H,4-5,7-8H2,1-3H3,(H2,12,13). The molecule has 0 bridgehead atoms. The van der Waals surface area contributed by atoms with Crippen LogP contribution in [0.15, 0.2) is 6.20 Å². The van der Waals surface area contributed by atoms with Crippen LogP contribution in [0.25, 0.3) is 0 Å². The SMILES string of the molecule is COCCN(CC(=O)N(C)C)Cc1cnc(N)s1. The summed E-state index contributed by atoms with van der Waals surface area (Å²) >= 11 is 1.44. The molecule has 2 N–H and O–H groups in total. The van der Waals surface area contributed by atoms with E-state index in [1.807, 2.05) is 4.90 Å².